The molecule has 1 atom stereocenters. The molecule has 0 radical (unpaired) electrons. The molecule has 3 N–H and O–H groups in total. The summed E-state index contributed by atoms with van der Waals surface area (Å²) in [6, 6.07) is 5.77. The maximum absolute atomic E-state index is 9.41. The summed E-state index contributed by atoms with van der Waals surface area (Å²) in [6.45, 7) is 1.93. The predicted octanol–water partition coefficient (Wildman–Crippen LogP) is 1.28. The third kappa shape index (κ3) is 2.83. The molecule has 0 saturated carbocycles. The lowest BCUT2D eigenvalue weighted by Crippen LogP contribution is -2.48. The number of benzene rings is 1. The maximum atomic E-state index is 9.41. The molecule has 0 aliphatic carbocycles. The predicted molar refractivity (Wildman–Crippen MR) is 79.1 cm³/mol. The molecule has 0 aromatic heterocycles. The highest BCUT2D eigenvalue weighted by Crippen LogP contribution is 2.27. The van der Waals surface area contributed by atoms with Gasteiger partial charge in [-0.1, -0.05) is 28.1 Å². The first-order valence-electron chi connectivity index (χ1n) is 5.68. The van der Waals surface area contributed by atoms with E-state index >= 15 is 0 Å². The molecule has 1 aromatic rings. The molecule has 1 aliphatic heterocycles. The zero-order valence-corrected chi connectivity index (χ0v) is 12.2. The van der Waals surface area contributed by atoms with Crippen molar-refractivity contribution < 1.29 is 9.84 Å². The second kappa shape index (κ2) is 5.97. The summed E-state index contributed by atoms with van der Waals surface area (Å²) in [5, 5.41) is 9.41. The molecule has 1 heterocycles. The second-order valence-corrected chi connectivity index (χ2v) is 5.49. The number of aliphatic hydroxyl groups excluding tert-OH is 1. The Morgan fingerprint density at radius 1 is 1.61 bits per heavy atom. The Bertz CT molecular complexity index is 456. The van der Waals surface area contributed by atoms with E-state index in [4.69, 9.17) is 22.7 Å². The molecule has 1 aliphatic rings. The van der Waals surface area contributed by atoms with E-state index in [1.807, 2.05) is 18.2 Å². The van der Waals surface area contributed by atoms with Crippen molar-refractivity contribution in [3.63, 3.8) is 0 Å². The van der Waals surface area contributed by atoms with Gasteiger partial charge >= 0.3 is 0 Å². The van der Waals surface area contributed by atoms with Gasteiger partial charge in [0.25, 0.3) is 0 Å². The number of hydrogen-bond acceptors (Lipinski definition) is 4. The molecule has 2 rings (SSSR count). The minimum atomic E-state index is -0.0481. The first kappa shape index (κ1) is 13.7. The highest BCUT2D eigenvalue weighted by Gasteiger charge is 2.24. The molecule has 0 spiro atoms. The smallest absolute Gasteiger partial charge is 0.106 e. The number of ether oxygens (including phenoxy) is 1. The average molecular weight is 331 g/mol. The third-order valence-corrected chi connectivity index (χ3v) is 3.68. The highest BCUT2D eigenvalue weighted by atomic mass is 79.9. The van der Waals surface area contributed by atoms with Crippen molar-refractivity contribution in [1.29, 1.82) is 0 Å². The number of nitrogens with two attached hydrogens (primary N) is 1. The second-order valence-electron chi connectivity index (χ2n) is 4.13. The van der Waals surface area contributed by atoms with Crippen molar-refractivity contribution in [3.8, 4) is 0 Å². The van der Waals surface area contributed by atoms with Crippen LogP contribution in [0.25, 0.3) is 0 Å². The van der Waals surface area contributed by atoms with Crippen molar-refractivity contribution >= 4 is 38.8 Å². The molecular weight excluding hydrogens is 316 g/mol. The Morgan fingerprint density at radius 2 is 2.39 bits per heavy atom. The highest BCUT2D eigenvalue weighted by molar-refractivity contribution is 9.10. The van der Waals surface area contributed by atoms with E-state index in [1.54, 1.807) is 0 Å². The van der Waals surface area contributed by atoms with E-state index in [1.165, 1.54) is 0 Å². The molecule has 1 fully saturated rings. The van der Waals surface area contributed by atoms with Crippen molar-refractivity contribution in [2.75, 3.05) is 31.3 Å². The number of rotatable bonds is 3. The minimum absolute atomic E-state index is 0.0481. The van der Waals surface area contributed by atoms with Crippen LogP contribution in [0.2, 0.25) is 0 Å². The zero-order valence-electron chi connectivity index (χ0n) is 9.80. The number of halogens is 1. The van der Waals surface area contributed by atoms with E-state index in [9.17, 15) is 5.11 Å². The summed E-state index contributed by atoms with van der Waals surface area (Å²) in [6.07, 6.45) is 0. The summed E-state index contributed by atoms with van der Waals surface area (Å²) in [5.41, 5.74) is 7.54. The van der Waals surface area contributed by atoms with Gasteiger partial charge in [0.15, 0.2) is 0 Å². The van der Waals surface area contributed by atoms with Crippen LogP contribution < -0.4 is 10.6 Å². The van der Waals surface area contributed by atoms with Gasteiger partial charge in [-0.3, -0.25) is 0 Å². The van der Waals surface area contributed by atoms with Crippen molar-refractivity contribution in [1.82, 2.24) is 0 Å². The molecule has 0 amide bonds. The van der Waals surface area contributed by atoms with E-state index < -0.39 is 0 Å². The first-order chi connectivity index (χ1) is 8.63. The maximum Gasteiger partial charge on any atom is 0.106 e. The van der Waals surface area contributed by atoms with Crippen LogP contribution in [0.15, 0.2) is 22.7 Å². The first-order valence-corrected chi connectivity index (χ1v) is 6.88. The molecule has 1 aromatic carbocycles. The number of nitrogens with zero attached hydrogens (tertiary/aromatic N) is 1. The molecule has 0 bridgehead atoms. The van der Waals surface area contributed by atoms with Gasteiger partial charge in [-0.05, 0) is 18.2 Å². The van der Waals surface area contributed by atoms with E-state index in [-0.39, 0.29) is 12.6 Å². The Kier molecular flexibility index (Phi) is 4.55. The lowest BCUT2D eigenvalue weighted by Gasteiger charge is -2.37. The third-order valence-electron chi connectivity index (χ3n) is 2.97. The number of anilines is 1. The summed E-state index contributed by atoms with van der Waals surface area (Å²) in [5.74, 6) is 0. The molecule has 98 valence electrons. The molecule has 4 nitrogen and oxygen atoms in total. The zero-order chi connectivity index (χ0) is 13.1. The van der Waals surface area contributed by atoms with Gasteiger partial charge in [-0.2, -0.15) is 0 Å². The summed E-state index contributed by atoms with van der Waals surface area (Å²) >= 11 is 8.50. The Morgan fingerprint density at radius 3 is 3.06 bits per heavy atom. The van der Waals surface area contributed by atoms with Gasteiger partial charge in [0, 0.05) is 22.3 Å². The number of morpholine rings is 1. The fourth-order valence-corrected chi connectivity index (χ4v) is 2.60. The number of thiocarbonyl (C=S) groups is 1. The van der Waals surface area contributed by atoms with Gasteiger partial charge in [0.2, 0.25) is 0 Å². The van der Waals surface area contributed by atoms with Gasteiger partial charge < -0.3 is 20.5 Å². The Balaban J connectivity index is 2.39. The summed E-state index contributed by atoms with van der Waals surface area (Å²) < 4.78 is 6.31. The van der Waals surface area contributed by atoms with Crippen LogP contribution in [0.3, 0.4) is 0 Å². The summed E-state index contributed by atoms with van der Waals surface area (Å²) in [7, 11) is 0. The van der Waals surface area contributed by atoms with Crippen molar-refractivity contribution in [2.45, 2.75) is 6.04 Å². The molecule has 6 heteroatoms. The molecule has 1 unspecified atom stereocenters. The standard InChI is InChI=1S/C12H15BrN2O2S/c13-8-1-2-11(10(5-8)12(14)18)15-3-4-17-7-9(15)6-16/h1-2,5,9,16H,3-4,6-7H2,(H2,14,18). The Labute approximate surface area is 120 Å². The Hall–Kier alpha value is -0.690. The lowest BCUT2D eigenvalue weighted by molar-refractivity contribution is 0.0727. The van der Waals surface area contributed by atoms with Crippen LogP contribution in [0.5, 0.6) is 0 Å². The van der Waals surface area contributed by atoms with Gasteiger partial charge in [-0.15, -0.1) is 0 Å². The van der Waals surface area contributed by atoms with Crippen LogP contribution in [-0.4, -0.2) is 42.5 Å². The topological polar surface area (TPSA) is 58.7 Å². The van der Waals surface area contributed by atoms with Crippen LogP contribution in [0.4, 0.5) is 5.69 Å². The normalized spacial score (nSPS) is 19.9. The lowest BCUT2D eigenvalue weighted by atomic mass is 10.1. The minimum Gasteiger partial charge on any atom is -0.394 e. The van der Waals surface area contributed by atoms with Gasteiger partial charge in [0.05, 0.1) is 25.9 Å². The number of aliphatic hydroxyl groups is 1. The fraction of sp³-hybridized carbons (Fsp3) is 0.417. The monoisotopic (exact) mass is 330 g/mol. The van der Waals surface area contributed by atoms with E-state index in [0.717, 1.165) is 22.3 Å². The van der Waals surface area contributed by atoms with Crippen LogP contribution in [-0.2, 0) is 4.74 Å². The van der Waals surface area contributed by atoms with Crippen LogP contribution in [0.1, 0.15) is 5.56 Å². The fourth-order valence-electron chi connectivity index (χ4n) is 2.08. The van der Waals surface area contributed by atoms with Crippen LogP contribution in [0, 0.1) is 0 Å². The molecular formula is C12H15BrN2O2S. The van der Waals surface area contributed by atoms with E-state index in [2.05, 4.69) is 20.8 Å². The number of hydrogen-bond donors (Lipinski definition) is 2. The van der Waals surface area contributed by atoms with Crippen molar-refractivity contribution in [2.24, 2.45) is 5.73 Å². The van der Waals surface area contributed by atoms with Crippen LogP contribution >= 0.6 is 28.1 Å². The largest absolute Gasteiger partial charge is 0.394 e. The quantitative estimate of drug-likeness (QED) is 0.817. The average Bonchev–Trinajstić information content (AvgIpc) is 2.38. The SMILES string of the molecule is NC(=S)c1cc(Br)ccc1N1CCOCC1CO. The van der Waals surface area contributed by atoms with Crippen molar-refractivity contribution in [3.05, 3.63) is 28.2 Å². The van der Waals surface area contributed by atoms with E-state index in [0.29, 0.717) is 18.2 Å². The van der Waals surface area contributed by atoms with Gasteiger partial charge in [0.1, 0.15) is 4.99 Å². The molecule has 18 heavy (non-hydrogen) atoms. The molecule has 1 saturated heterocycles. The summed E-state index contributed by atoms with van der Waals surface area (Å²) in [4.78, 5) is 2.46. The van der Waals surface area contributed by atoms with Gasteiger partial charge in [-0.25, -0.2) is 0 Å².